The minimum atomic E-state index is -0.311. The monoisotopic (exact) mass is 606 g/mol. The van der Waals surface area contributed by atoms with E-state index in [-0.39, 0.29) is 23.2 Å². The minimum absolute atomic E-state index is 0.224. The molecule has 1 amide bonds. The molecule has 2 aliphatic rings. The highest BCUT2D eigenvalue weighted by atomic mass is 35.5. The first-order valence-corrected chi connectivity index (χ1v) is 15.1. The van der Waals surface area contributed by atoms with E-state index in [0.717, 1.165) is 42.9 Å². The lowest BCUT2D eigenvalue weighted by atomic mass is 9.97. The van der Waals surface area contributed by atoms with Crippen LogP contribution in [0.5, 0.6) is 0 Å². The fourth-order valence-corrected chi connectivity index (χ4v) is 6.93. The summed E-state index contributed by atoms with van der Waals surface area (Å²) in [5.74, 6) is 1.55. The molecule has 7 rings (SSSR count). The number of nitriles is 1. The number of hydrogen-bond acceptors (Lipinski definition) is 8. The fraction of sp³-hybridized carbons (Fsp3) is 0.344. The molecule has 0 bridgehead atoms. The third kappa shape index (κ3) is 4.95. The normalized spacial score (nSPS) is 21.1. The Hall–Kier alpha value is -4.82. The number of amides is 1. The van der Waals surface area contributed by atoms with Gasteiger partial charge in [0.1, 0.15) is 28.7 Å². The Morgan fingerprint density at radius 3 is 2.52 bits per heavy atom. The zero-order valence-corrected chi connectivity index (χ0v) is 25.4. The van der Waals surface area contributed by atoms with Gasteiger partial charge in [0.05, 0.1) is 35.0 Å². The SMILES string of the molecule is CC(C)n1cc(-c2cn3ncc(C#N)c3c(-c3ccc(N4C[C@@H]5C[C@@](C)(NC(=O)c6ncccc6Cl)C[C@@H]5C4)nc3)n2)cn1. The molecule has 1 aliphatic carbocycles. The molecule has 5 aromatic heterocycles. The molecule has 1 saturated heterocycles. The van der Waals surface area contributed by atoms with E-state index >= 15 is 0 Å². The van der Waals surface area contributed by atoms with Crippen molar-refractivity contribution < 1.29 is 4.79 Å². The van der Waals surface area contributed by atoms with E-state index in [0.29, 0.717) is 39.3 Å². The Morgan fingerprint density at radius 1 is 1.07 bits per heavy atom. The van der Waals surface area contributed by atoms with Crippen LogP contribution in [0.25, 0.3) is 28.0 Å². The van der Waals surface area contributed by atoms with E-state index in [1.807, 2.05) is 35.4 Å². The highest BCUT2D eigenvalue weighted by molar-refractivity contribution is 6.33. The van der Waals surface area contributed by atoms with E-state index in [4.69, 9.17) is 21.6 Å². The first-order chi connectivity index (χ1) is 21.2. The largest absolute Gasteiger partial charge is 0.356 e. The van der Waals surface area contributed by atoms with Crippen LogP contribution in [-0.4, -0.2) is 58.9 Å². The number of halogens is 1. The van der Waals surface area contributed by atoms with Gasteiger partial charge in [0.2, 0.25) is 0 Å². The molecule has 5 aromatic rings. The van der Waals surface area contributed by atoms with Crippen molar-refractivity contribution in [2.24, 2.45) is 11.8 Å². The molecule has 1 N–H and O–H groups in total. The van der Waals surface area contributed by atoms with Crippen molar-refractivity contribution in [1.82, 2.24) is 39.7 Å². The second-order valence-corrected chi connectivity index (χ2v) is 12.7. The number of rotatable bonds is 6. The number of carbonyl (C=O) groups excluding carboxylic acids is 1. The van der Waals surface area contributed by atoms with E-state index in [9.17, 15) is 10.1 Å². The molecule has 222 valence electrons. The number of nitrogens with zero attached hydrogens (tertiary/aromatic N) is 9. The van der Waals surface area contributed by atoms with Gasteiger partial charge in [-0.25, -0.2) is 19.5 Å². The van der Waals surface area contributed by atoms with Crippen LogP contribution in [0.3, 0.4) is 0 Å². The van der Waals surface area contributed by atoms with E-state index in [1.165, 1.54) is 0 Å². The third-order valence-corrected chi connectivity index (χ3v) is 9.08. The topological polar surface area (TPSA) is 130 Å². The van der Waals surface area contributed by atoms with Gasteiger partial charge in [0.15, 0.2) is 0 Å². The summed E-state index contributed by atoms with van der Waals surface area (Å²) in [7, 11) is 0. The zero-order valence-electron chi connectivity index (χ0n) is 24.6. The molecule has 12 heteroatoms. The summed E-state index contributed by atoms with van der Waals surface area (Å²) in [4.78, 5) is 29.2. The molecule has 0 aromatic carbocycles. The van der Waals surface area contributed by atoms with Crippen molar-refractivity contribution in [2.45, 2.75) is 45.2 Å². The minimum Gasteiger partial charge on any atom is -0.356 e. The molecule has 3 atom stereocenters. The second-order valence-electron chi connectivity index (χ2n) is 12.3. The number of fused-ring (bicyclic) bond motifs is 2. The Morgan fingerprint density at radius 2 is 1.86 bits per heavy atom. The maximum absolute atomic E-state index is 12.9. The number of carbonyl (C=O) groups is 1. The number of nitrogens with one attached hydrogen (secondary N) is 1. The van der Waals surface area contributed by atoms with E-state index in [1.54, 1.807) is 35.2 Å². The molecule has 1 aliphatic heterocycles. The van der Waals surface area contributed by atoms with Crippen LogP contribution in [0.4, 0.5) is 5.82 Å². The van der Waals surface area contributed by atoms with Gasteiger partial charge in [-0.3, -0.25) is 9.48 Å². The molecule has 2 fully saturated rings. The van der Waals surface area contributed by atoms with Crippen molar-refractivity contribution in [2.75, 3.05) is 18.0 Å². The average Bonchev–Trinajstić information content (AvgIpc) is 3.79. The molecular weight excluding hydrogens is 576 g/mol. The predicted octanol–water partition coefficient (Wildman–Crippen LogP) is 5.19. The van der Waals surface area contributed by atoms with Gasteiger partial charge >= 0.3 is 0 Å². The van der Waals surface area contributed by atoms with Gasteiger partial charge in [-0.05, 0) is 69.7 Å². The Kier molecular flexibility index (Phi) is 6.81. The van der Waals surface area contributed by atoms with Crippen molar-refractivity contribution in [3.63, 3.8) is 0 Å². The van der Waals surface area contributed by atoms with Gasteiger partial charge in [-0.2, -0.15) is 15.5 Å². The Balaban J connectivity index is 1.10. The Labute approximate surface area is 259 Å². The second kappa shape index (κ2) is 10.7. The summed E-state index contributed by atoms with van der Waals surface area (Å²) in [5.41, 5.74) is 4.08. The smallest absolute Gasteiger partial charge is 0.271 e. The van der Waals surface area contributed by atoms with Crippen molar-refractivity contribution in [1.29, 1.82) is 5.26 Å². The number of pyridine rings is 2. The van der Waals surface area contributed by atoms with E-state index in [2.05, 4.69) is 52.2 Å². The fourth-order valence-electron chi connectivity index (χ4n) is 6.72. The first kappa shape index (κ1) is 28.0. The molecule has 0 unspecified atom stereocenters. The molecule has 11 nitrogen and oxygen atoms in total. The van der Waals surface area contributed by atoms with Gasteiger partial charge in [-0.1, -0.05) is 11.6 Å². The van der Waals surface area contributed by atoms with E-state index < -0.39 is 0 Å². The number of aromatic nitrogens is 7. The summed E-state index contributed by atoms with van der Waals surface area (Å²) < 4.78 is 3.59. The van der Waals surface area contributed by atoms with Gasteiger partial charge in [0.25, 0.3) is 5.91 Å². The molecule has 1 saturated carbocycles. The maximum atomic E-state index is 12.9. The molecule has 44 heavy (non-hydrogen) atoms. The highest BCUT2D eigenvalue weighted by Crippen LogP contribution is 2.45. The number of anilines is 1. The Bertz CT molecular complexity index is 1910. The lowest BCUT2D eigenvalue weighted by Gasteiger charge is -2.28. The van der Waals surface area contributed by atoms with Crippen LogP contribution >= 0.6 is 11.6 Å². The van der Waals surface area contributed by atoms with Gasteiger partial charge in [0, 0.05) is 54.4 Å². The van der Waals surface area contributed by atoms with Crippen LogP contribution in [0.15, 0.2) is 61.4 Å². The third-order valence-electron chi connectivity index (χ3n) is 8.78. The standard InChI is InChI=1S/C32H31ClN10O/c1-19(2)42-17-24(14-37-42)26-18-43-30(23(11-34)13-38-43)28(39-26)20-6-7-27(36-12-20)41-15-21-9-32(3,10-22(21)16-41)40-31(44)29-25(33)5-4-8-35-29/h4-8,12-14,17-19,21-22H,9-10,15-16H2,1-3H3,(H,40,44)/t21-,22+,32+. The molecule has 0 radical (unpaired) electrons. The average molecular weight is 607 g/mol. The number of hydrogen-bond donors (Lipinski definition) is 1. The predicted molar refractivity (Wildman–Crippen MR) is 166 cm³/mol. The van der Waals surface area contributed by atoms with Crippen LogP contribution in [0.1, 0.15) is 55.7 Å². The maximum Gasteiger partial charge on any atom is 0.271 e. The van der Waals surface area contributed by atoms with Gasteiger partial charge in [-0.15, -0.1) is 0 Å². The summed E-state index contributed by atoms with van der Waals surface area (Å²) in [5, 5.41) is 22.2. The lowest BCUT2D eigenvalue weighted by molar-refractivity contribution is 0.0900. The van der Waals surface area contributed by atoms with Crippen molar-refractivity contribution >= 4 is 28.8 Å². The van der Waals surface area contributed by atoms with Crippen molar-refractivity contribution in [3.05, 3.63) is 77.7 Å². The molecular formula is C32H31ClN10O. The summed E-state index contributed by atoms with van der Waals surface area (Å²) in [6.45, 7) is 7.99. The van der Waals surface area contributed by atoms with Crippen LogP contribution in [0.2, 0.25) is 5.02 Å². The van der Waals surface area contributed by atoms with Gasteiger partial charge < -0.3 is 10.2 Å². The van der Waals surface area contributed by atoms with Crippen LogP contribution in [0, 0.1) is 23.2 Å². The summed E-state index contributed by atoms with van der Waals surface area (Å²) >= 11 is 6.20. The highest BCUT2D eigenvalue weighted by Gasteiger charge is 2.47. The molecule has 6 heterocycles. The first-order valence-electron chi connectivity index (χ1n) is 14.7. The summed E-state index contributed by atoms with van der Waals surface area (Å²) in [6.07, 6.45) is 12.3. The lowest BCUT2D eigenvalue weighted by Crippen LogP contribution is -2.45. The van der Waals surface area contributed by atoms with Crippen molar-refractivity contribution in [3.8, 4) is 28.6 Å². The summed E-state index contributed by atoms with van der Waals surface area (Å²) in [6, 6.07) is 9.89. The van der Waals surface area contributed by atoms with Crippen LogP contribution < -0.4 is 10.2 Å². The molecule has 0 spiro atoms. The van der Waals surface area contributed by atoms with Crippen LogP contribution in [-0.2, 0) is 0 Å². The zero-order chi connectivity index (χ0) is 30.6. The quantitative estimate of drug-likeness (QED) is 0.279.